The van der Waals surface area contributed by atoms with Gasteiger partial charge in [-0.15, -0.1) is 0 Å². The lowest BCUT2D eigenvalue weighted by Crippen LogP contribution is -2.59. The lowest BCUT2D eigenvalue weighted by atomic mass is 10.0. The van der Waals surface area contributed by atoms with Gasteiger partial charge in [0.15, 0.2) is 0 Å². The van der Waals surface area contributed by atoms with Crippen molar-refractivity contribution in [2.75, 3.05) is 0 Å². The first-order valence-electron chi connectivity index (χ1n) is 2.81. The van der Waals surface area contributed by atoms with Gasteiger partial charge in [-0.05, 0) is 13.3 Å². The maximum absolute atomic E-state index is 5.50. The van der Waals surface area contributed by atoms with Gasteiger partial charge in [0.2, 0.25) is 0 Å². The second-order valence-corrected chi connectivity index (χ2v) is 2.38. The first-order valence-corrected chi connectivity index (χ1v) is 2.81. The molecule has 0 amide bonds. The van der Waals surface area contributed by atoms with Crippen molar-refractivity contribution in [3.8, 4) is 0 Å². The summed E-state index contributed by atoms with van der Waals surface area (Å²) in [5.74, 6) is 0. The van der Waals surface area contributed by atoms with E-state index >= 15 is 0 Å². The fourth-order valence-corrected chi connectivity index (χ4v) is 0.440. The zero-order chi connectivity index (χ0) is 6.78. The summed E-state index contributed by atoms with van der Waals surface area (Å²) in [6.07, 6.45) is 0.823. The highest BCUT2D eigenvalue weighted by molar-refractivity contribution is 4.82. The molecule has 0 aromatic heterocycles. The van der Waals surface area contributed by atoms with Crippen LogP contribution in [0.2, 0.25) is 0 Å². The molecule has 0 aromatic rings. The highest BCUT2D eigenvalue weighted by atomic mass is 15.0. The van der Waals surface area contributed by atoms with Gasteiger partial charge in [0.05, 0.1) is 5.66 Å². The van der Waals surface area contributed by atoms with E-state index in [-0.39, 0.29) is 6.04 Å². The Morgan fingerprint density at radius 2 is 1.88 bits per heavy atom. The summed E-state index contributed by atoms with van der Waals surface area (Å²) in [6.45, 7) is 3.68. The highest BCUT2D eigenvalue weighted by Gasteiger charge is 2.18. The fraction of sp³-hybridized carbons (Fsp3) is 1.00. The first-order chi connectivity index (χ1) is 3.48. The van der Waals surface area contributed by atoms with Crippen LogP contribution in [-0.2, 0) is 0 Å². The van der Waals surface area contributed by atoms with E-state index in [2.05, 4.69) is 0 Å². The van der Waals surface area contributed by atoms with Crippen LogP contribution in [0.5, 0.6) is 0 Å². The molecule has 0 saturated heterocycles. The predicted molar refractivity (Wildman–Crippen MR) is 35.0 cm³/mol. The second kappa shape index (κ2) is 2.44. The highest BCUT2D eigenvalue weighted by Crippen LogP contribution is 1.97. The molecule has 50 valence electrons. The van der Waals surface area contributed by atoms with Crippen LogP contribution in [0.1, 0.15) is 20.3 Å². The minimum Gasteiger partial charge on any atom is -0.325 e. The van der Waals surface area contributed by atoms with Crippen molar-refractivity contribution in [2.24, 2.45) is 17.2 Å². The molecule has 0 saturated carbocycles. The summed E-state index contributed by atoms with van der Waals surface area (Å²) in [7, 11) is 0. The Kier molecular flexibility index (Phi) is 2.40. The van der Waals surface area contributed by atoms with Crippen LogP contribution < -0.4 is 17.2 Å². The van der Waals surface area contributed by atoms with E-state index < -0.39 is 5.66 Å². The normalized spacial score (nSPS) is 16.1. The van der Waals surface area contributed by atoms with E-state index in [1.165, 1.54) is 0 Å². The summed E-state index contributed by atoms with van der Waals surface area (Å²) in [5.41, 5.74) is 15.7. The zero-order valence-electron chi connectivity index (χ0n) is 5.52. The van der Waals surface area contributed by atoms with E-state index in [1.807, 2.05) is 6.92 Å². The van der Waals surface area contributed by atoms with E-state index in [0.29, 0.717) is 0 Å². The maximum Gasteiger partial charge on any atom is 0.0763 e. The first kappa shape index (κ1) is 7.88. The van der Waals surface area contributed by atoms with Crippen molar-refractivity contribution in [1.29, 1.82) is 0 Å². The third-order valence-corrected chi connectivity index (χ3v) is 1.24. The van der Waals surface area contributed by atoms with E-state index in [0.717, 1.165) is 6.42 Å². The van der Waals surface area contributed by atoms with Gasteiger partial charge in [0.25, 0.3) is 0 Å². The molecule has 3 heteroatoms. The molecule has 0 aliphatic carbocycles. The fourth-order valence-electron chi connectivity index (χ4n) is 0.440. The third kappa shape index (κ3) is 2.26. The topological polar surface area (TPSA) is 78.1 Å². The van der Waals surface area contributed by atoms with Crippen LogP contribution in [0.3, 0.4) is 0 Å². The van der Waals surface area contributed by atoms with Crippen molar-refractivity contribution in [2.45, 2.75) is 32.0 Å². The average molecular weight is 117 g/mol. The number of hydrogen-bond acceptors (Lipinski definition) is 3. The Morgan fingerprint density at radius 1 is 1.50 bits per heavy atom. The summed E-state index contributed by atoms with van der Waals surface area (Å²) < 4.78 is 0. The van der Waals surface area contributed by atoms with Crippen LogP contribution >= 0.6 is 0 Å². The van der Waals surface area contributed by atoms with Gasteiger partial charge in [0, 0.05) is 6.04 Å². The van der Waals surface area contributed by atoms with Gasteiger partial charge >= 0.3 is 0 Å². The molecule has 3 nitrogen and oxygen atoms in total. The molecule has 0 rings (SSSR count). The van der Waals surface area contributed by atoms with Gasteiger partial charge in [-0.3, -0.25) is 0 Å². The van der Waals surface area contributed by atoms with Crippen molar-refractivity contribution in [1.82, 2.24) is 0 Å². The molecular formula is C5H15N3. The van der Waals surface area contributed by atoms with E-state index in [4.69, 9.17) is 17.2 Å². The van der Waals surface area contributed by atoms with Crippen LogP contribution in [0.4, 0.5) is 0 Å². The largest absolute Gasteiger partial charge is 0.325 e. The standard InChI is InChI=1S/C5H15N3/c1-3-4(6)5(2,7)8/h4H,3,6-8H2,1-2H3. The Morgan fingerprint density at radius 3 is 1.88 bits per heavy atom. The van der Waals surface area contributed by atoms with Crippen LogP contribution in [-0.4, -0.2) is 11.7 Å². The average Bonchev–Trinajstić information content (AvgIpc) is 1.62. The molecule has 1 atom stereocenters. The molecule has 0 radical (unpaired) electrons. The van der Waals surface area contributed by atoms with E-state index in [1.54, 1.807) is 6.92 Å². The monoisotopic (exact) mass is 117 g/mol. The molecule has 8 heavy (non-hydrogen) atoms. The number of rotatable bonds is 2. The molecule has 0 heterocycles. The quantitative estimate of drug-likeness (QED) is 0.421. The Labute approximate surface area is 50.2 Å². The third-order valence-electron chi connectivity index (χ3n) is 1.24. The Bertz CT molecular complexity index is 64.6. The molecule has 0 aliphatic rings. The van der Waals surface area contributed by atoms with Gasteiger partial charge in [-0.1, -0.05) is 6.92 Å². The molecule has 1 unspecified atom stereocenters. The van der Waals surface area contributed by atoms with Gasteiger partial charge in [-0.2, -0.15) is 0 Å². The number of hydrogen-bond donors (Lipinski definition) is 3. The van der Waals surface area contributed by atoms with Crippen molar-refractivity contribution in [3.63, 3.8) is 0 Å². The summed E-state index contributed by atoms with van der Waals surface area (Å²) in [5, 5.41) is 0. The van der Waals surface area contributed by atoms with E-state index in [9.17, 15) is 0 Å². The molecular weight excluding hydrogens is 102 g/mol. The van der Waals surface area contributed by atoms with Crippen LogP contribution in [0.15, 0.2) is 0 Å². The van der Waals surface area contributed by atoms with Crippen molar-refractivity contribution < 1.29 is 0 Å². The van der Waals surface area contributed by atoms with Gasteiger partial charge in [-0.25, -0.2) is 0 Å². The lowest BCUT2D eigenvalue weighted by molar-refractivity contribution is 0.379. The molecule has 0 aromatic carbocycles. The van der Waals surface area contributed by atoms with Gasteiger partial charge in [0.1, 0.15) is 0 Å². The maximum atomic E-state index is 5.50. The molecule has 6 N–H and O–H groups in total. The Hall–Kier alpha value is -0.120. The molecule has 0 fully saturated rings. The summed E-state index contributed by atoms with van der Waals surface area (Å²) in [6, 6.07) is -0.0949. The molecule has 0 bridgehead atoms. The predicted octanol–water partition coefficient (Wildman–Crippen LogP) is -0.643. The van der Waals surface area contributed by atoms with Crippen molar-refractivity contribution >= 4 is 0 Å². The zero-order valence-corrected chi connectivity index (χ0v) is 5.52. The lowest BCUT2D eigenvalue weighted by Gasteiger charge is -2.25. The van der Waals surface area contributed by atoms with Crippen LogP contribution in [0, 0.1) is 0 Å². The van der Waals surface area contributed by atoms with Crippen LogP contribution in [0.25, 0.3) is 0 Å². The Balaban J connectivity index is 3.62. The minimum absolute atomic E-state index is 0.0949. The minimum atomic E-state index is -0.714. The molecule has 0 spiro atoms. The summed E-state index contributed by atoms with van der Waals surface area (Å²) >= 11 is 0. The molecule has 0 aliphatic heterocycles. The second-order valence-electron chi connectivity index (χ2n) is 2.38. The van der Waals surface area contributed by atoms with Crippen molar-refractivity contribution in [3.05, 3.63) is 0 Å². The van der Waals surface area contributed by atoms with Gasteiger partial charge < -0.3 is 17.2 Å². The smallest absolute Gasteiger partial charge is 0.0763 e. The SMILES string of the molecule is CCC(N)C(C)(N)N. The summed E-state index contributed by atoms with van der Waals surface area (Å²) in [4.78, 5) is 0. The number of nitrogens with two attached hydrogens (primary N) is 3.